The van der Waals surface area contributed by atoms with Crippen molar-refractivity contribution in [1.82, 2.24) is 4.98 Å². The smallest absolute Gasteiger partial charge is 0.0460 e. The number of halogens is 1. The Morgan fingerprint density at radius 3 is 2.94 bits per heavy atom. The predicted octanol–water partition coefficient (Wildman–Crippen LogP) is 2.94. The van der Waals surface area contributed by atoms with Crippen LogP contribution in [0.25, 0.3) is 0 Å². The van der Waals surface area contributed by atoms with Crippen molar-refractivity contribution in [2.45, 2.75) is 6.54 Å². The fourth-order valence-corrected chi connectivity index (χ4v) is 1.62. The van der Waals surface area contributed by atoms with Crippen LogP contribution in [0.4, 0.5) is 11.4 Å². The van der Waals surface area contributed by atoms with Crippen LogP contribution < -0.4 is 11.1 Å². The summed E-state index contributed by atoms with van der Waals surface area (Å²) in [5, 5.41) is 3.96. The molecular weight excluding hydrogens is 222 g/mol. The van der Waals surface area contributed by atoms with Gasteiger partial charge in [-0.3, -0.25) is 4.98 Å². The maximum atomic E-state index is 5.91. The van der Waals surface area contributed by atoms with E-state index in [0.29, 0.717) is 11.6 Å². The molecule has 16 heavy (non-hydrogen) atoms. The normalized spacial score (nSPS) is 10.1. The third-order valence-electron chi connectivity index (χ3n) is 2.23. The molecule has 0 amide bonds. The van der Waals surface area contributed by atoms with Gasteiger partial charge in [-0.1, -0.05) is 17.7 Å². The molecule has 0 radical (unpaired) electrons. The van der Waals surface area contributed by atoms with Gasteiger partial charge in [-0.05, 0) is 24.3 Å². The monoisotopic (exact) mass is 233 g/mol. The molecule has 82 valence electrons. The van der Waals surface area contributed by atoms with Crippen LogP contribution in [0.3, 0.4) is 0 Å². The number of nitrogens with one attached hydrogen (secondary N) is 1. The molecule has 0 atom stereocenters. The van der Waals surface area contributed by atoms with E-state index < -0.39 is 0 Å². The van der Waals surface area contributed by atoms with Crippen LogP contribution >= 0.6 is 11.6 Å². The largest absolute Gasteiger partial charge is 0.355 e. The molecule has 1 heterocycles. The number of aromatic nitrogens is 1. The first-order chi connectivity index (χ1) is 7.79. The first-order valence-electron chi connectivity index (χ1n) is 4.95. The second kappa shape index (κ2) is 4.96. The number of rotatable bonds is 3. The summed E-state index contributed by atoms with van der Waals surface area (Å²) in [6.45, 7) is 0.455. The Kier molecular flexibility index (Phi) is 3.39. The molecule has 0 saturated carbocycles. The van der Waals surface area contributed by atoms with Gasteiger partial charge in [0.05, 0.1) is 0 Å². The van der Waals surface area contributed by atoms with Crippen molar-refractivity contribution in [1.29, 1.82) is 0 Å². The average molecular weight is 234 g/mol. The predicted molar refractivity (Wildman–Crippen MR) is 66.9 cm³/mol. The lowest BCUT2D eigenvalue weighted by Gasteiger charge is -2.10. The molecule has 3 nitrogen and oxygen atoms in total. The van der Waals surface area contributed by atoms with E-state index in [9.17, 15) is 0 Å². The minimum atomic E-state index is 0.455. The highest BCUT2D eigenvalue weighted by Crippen LogP contribution is 2.22. The summed E-state index contributed by atoms with van der Waals surface area (Å²) in [5.41, 5.74) is 8.50. The van der Waals surface area contributed by atoms with E-state index >= 15 is 0 Å². The summed E-state index contributed by atoms with van der Waals surface area (Å²) in [4.78, 5) is 4.03. The molecular formula is C12H12ClN3. The van der Waals surface area contributed by atoms with Crippen molar-refractivity contribution in [3.63, 3.8) is 0 Å². The molecule has 0 aliphatic rings. The number of hydrogen-bond donors (Lipinski definition) is 2. The topological polar surface area (TPSA) is 50.9 Å². The van der Waals surface area contributed by atoms with Crippen molar-refractivity contribution in [3.05, 3.63) is 53.3 Å². The van der Waals surface area contributed by atoms with E-state index in [1.807, 2.05) is 30.3 Å². The summed E-state index contributed by atoms with van der Waals surface area (Å²) in [6, 6.07) is 9.44. The summed E-state index contributed by atoms with van der Waals surface area (Å²) in [7, 11) is 0. The maximum Gasteiger partial charge on any atom is 0.0460 e. The van der Waals surface area contributed by atoms with Crippen LogP contribution in [0.2, 0.25) is 5.02 Å². The fraction of sp³-hybridized carbons (Fsp3) is 0.0833. The number of benzene rings is 1. The van der Waals surface area contributed by atoms with Crippen LogP contribution in [0, 0.1) is 0 Å². The molecule has 0 saturated heterocycles. The average Bonchev–Trinajstić information content (AvgIpc) is 2.30. The van der Waals surface area contributed by atoms with Gasteiger partial charge in [-0.25, -0.2) is 0 Å². The quantitative estimate of drug-likeness (QED) is 0.857. The number of hydrogen-bond acceptors (Lipinski definition) is 3. The second-order valence-corrected chi connectivity index (χ2v) is 3.81. The van der Waals surface area contributed by atoms with Gasteiger partial charge in [0, 0.05) is 40.9 Å². The van der Waals surface area contributed by atoms with Crippen LogP contribution in [0.15, 0.2) is 42.7 Å². The van der Waals surface area contributed by atoms with Crippen LogP contribution in [0.5, 0.6) is 0 Å². The van der Waals surface area contributed by atoms with Gasteiger partial charge in [0.15, 0.2) is 0 Å². The minimum absolute atomic E-state index is 0.455. The van der Waals surface area contributed by atoms with E-state index in [-0.39, 0.29) is 0 Å². The molecule has 0 aliphatic heterocycles. The van der Waals surface area contributed by atoms with Crippen LogP contribution in [-0.2, 0) is 6.54 Å². The second-order valence-electron chi connectivity index (χ2n) is 3.37. The number of nitrogens with zero attached hydrogens (tertiary/aromatic N) is 1. The molecule has 0 aliphatic carbocycles. The Bertz CT molecular complexity index is 485. The van der Waals surface area contributed by atoms with Gasteiger partial charge >= 0.3 is 0 Å². The van der Waals surface area contributed by atoms with Gasteiger partial charge in [0.25, 0.3) is 0 Å². The highest BCUT2D eigenvalue weighted by molar-refractivity contribution is 6.30. The first-order valence-corrected chi connectivity index (χ1v) is 5.33. The summed E-state index contributed by atoms with van der Waals surface area (Å²) in [5.74, 6) is 0. The highest BCUT2D eigenvalue weighted by Gasteiger charge is 2.00. The van der Waals surface area contributed by atoms with Crippen molar-refractivity contribution in [2.75, 3.05) is 5.32 Å². The molecule has 0 spiro atoms. The number of anilines is 2. The lowest BCUT2D eigenvalue weighted by atomic mass is 10.2. The van der Waals surface area contributed by atoms with Gasteiger partial charge < -0.3 is 11.1 Å². The Hall–Kier alpha value is -1.58. The van der Waals surface area contributed by atoms with Crippen LogP contribution in [-0.4, -0.2) is 4.98 Å². The minimum Gasteiger partial charge on any atom is -0.355 e. The van der Waals surface area contributed by atoms with E-state index in [4.69, 9.17) is 17.3 Å². The van der Waals surface area contributed by atoms with Crippen LogP contribution in [0.1, 0.15) is 5.56 Å². The molecule has 0 unspecified atom stereocenters. The zero-order chi connectivity index (χ0) is 11.4. The molecule has 3 N–H and O–H groups in total. The number of pyridine rings is 1. The molecule has 0 bridgehead atoms. The van der Waals surface area contributed by atoms with Crippen molar-refractivity contribution < 1.29 is 0 Å². The summed E-state index contributed by atoms with van der Waals surface area (Å²) >= 11 is 5.91. The Balaban J connectivity index is 2.26. The van der Waals surface area contributed by atoms with Gasteiger partial charge in [-0.2, -0.15) is 0 Å². The number of nitrogens with two attached hydrogens (primary N) is 1. The van der Waals surface area contributed by atoms with Crippen molar-refractivity contribution in [2.24, 2.45) is 5.73 Å². The lowest BCUT2D eigenvalue weighted by molar-refractivity contribution is 1.05. The standard InChI is InChI=1S/C12H12ClN3/c13-10-2-1-3-11(6-10)16-12-4-5-15-8-9(12)7-14/h1-6,8H,7,14H2,(H,15,16). The zero-order valence-electron chi connectivity index (χ0n) is 8.65. The summed E-state index contributed by atoms with van der Waals surface area (Å²) in [6.07, 6.45) is 3.49. The molecule has 2 rings (SSSR count). The van der Waals surface area contributed by atoms with Crippen molar-refractivity contribution in [3.8, 4) is 0 Å². The van der Waals surface area contributed by atoms with E-state index in [1.54, 1.807) is 12.4 Å². The van der Waals surface area contributed by atoms with Gasteiger partial charge in [0.2, 0.25) is 0 Å². The third-order valence-corrected chi connectivity index (χ3v) is 2.46. The molecule has 1 aromatic carbocycles. The maximum absolute atomic E-state index is 5.91. The molecule has 1 aromatic heterocycles. The SMILES string of the molecule is NCc1cnccc1Nc1cccc(Cl)c1. The lowest BCUT2D eigenvalue weighted by Crippen LogP contribution is -2.02. The molecule has 4 heteroatoms. The Morgan fingerprint density at radius 1 is 1.31 bits per heavy atom. The third kappa shape index (κ3) is 2.51. The first kappa shape index (κ1) is 10.9. The summed E-state index contributed by atoms with van der Waals surface area (Å²) < 4.78 is 0. The Labute approximate surface area is 99.3 Å². The zero-order valence-corrected chi connectivity index (χ0v) is 9.41. The fourth-order valence-electron chi connectivity index (χ4n) is 1.43. The Morgan fingerprint density at radius 2 is 2.19 bits per heavy atom. The van der Waals surface area contributed by atoms with E-state index in [1.165, 1.54) is 0 Å². The molecule has 0 fully saturated rings. The van der Waals surface area contributed by atoms with E-state index in [0.717, 1.165) is 16.9 Å². The van der Waals surface area contributed by atoms with Crippen molar-refractivity contribution >= 4 is 23.0 Å². The van der Waals surface area contributed by atoms with E-state index in [2.05, 4.69) is 10.3 Å². The molecule has 2 aromatic rings. The van der Waals surface area contributed by atoms with Gasteiger partial charge in [0.1, 0.15) is 0 Å². The highest BCUT2D eigenvalue weighted by atomic mass is 35.5. The van der Waals surface area contributed by atoms with Gasteiger partial charge in [-0.15, -0.1) is 0 Å².